The number of nitrogens with zero attached hydrogens (tertiary/aromatic N) is 6. The van der Waals surface area contributed by atoms with Crippen molar-refractivity contribution >= 4 is 34.9 Å². The van der Waals surface area contributed by atoms with Crippen molar-refractivity contribution in [3.05, 3.63) is 70.8 Å². The summed E-state index contributed by atoms with van der Waals surface area (Å²) in [5.41, 5.74) is 4.75. The maximum absolute atomic E-state index is 16.1. The molecule has 0 spiro atoms. The van der Waals surface area contributed by atoms with E-state index in [2.05, 4.69) is 57.4 Å². The molecule has 14 heteroatoms. The summed E-state index contributed by atoms with van der Waals surface area (Å²) in [7, 11) is 7.03. The summed E-state index contributed by atoms with van der Waals surface area (Å²) < 4.78 is 27.5. The molecule has 2 aromatic carbocycles. The van der Waals surface area contributed by atoms with Crippen molar-refractivity contribution in [3.8, 4) is 11.5 Å². The Balaban J connectivity index is 1.05. The van der Waals surface area contributed by atoms with Gasteiger partial charge in [0.2, 0.25) is 11.9 Å². The van der Waals surface area contributed by atoms with Crippen molar-refractivity contribution in [2.45, 2.75) is 70.4 Å². The van der Waals surface area contributed by atoms with Crippen molar-refractivity contribution in [2.24, 2.45) is 5.92 Å². The number of ether oxygens (including phenoxy) is 2. The Labute approximate surface area is 330 Å². The van der Waals surface area contributed by atoms with Gasteiger partial charge in [0.15, 0.2) is 5.82 Å². The number of anilines is 6. The lowest BCUT2D eigenvalue weighted by atomic mass is 9.67. The van der Waals surface area contributed by atoms with Crippen LogP contribution in [-0.2, 0) is 13.0 Å². The van der Waals surface area contributed by atoms with Crippen LogP contribution < -0.4 is 36.1 Å². The molecule has 2 saturated heterocycles. The second kappa shape index (κ2) is 18.4. The number of hydrogen-bond acceptors (Lipinski definition) is 13. The summed E-state index contributed by atoms with van der Waals surface area (Å²) in [6.07, 6.45) is 7.78. The summed E-state index contributed by atoms with van der Waals surface area (Å²) in [5.74, 6) is 4.29. The molecule has 300 valence electrons. The van der Waals surface area contributed by atoms with Crippen molar-refractivity contribution < 1.29 is 13.9 Å². The molecule has 13 nitrogen and oxygen atoms in total. The Kier molecular flexibility index (Phi) is 13.0. The Morgan fingerprint density at radius 1 is 0.804 bits per heavy atom. The molecule has 2 aliphatic heterocycles. The van der Waals surface area contributed by atoms with Gasteiger partial charge in [-0.15, -0.1) is 0 Å². The van der Waals surface area contributed by atoms with Gasteiger partial charge in [-0.2, -0.15) is 9.97 Å². The standard InChI is InChI=1S/C42H58FN11O2/c1-27-20-38(44-2)51-41(47-27)48-30-10-12-36(55-4)32(23-30)28-21-29(22-28)35(54-17-8-9-18-54)24-31-25-39(45-3)52-42(49-31)50-34-11-13-37(56-5)33(40(34)43)26-46-14-19-53-15-6-7-16-53/h10-13,20,23,25,28-29,35,46H,6-9,14-19,21-22,24,26H2,1-5H3,(H2,44,47,48,51)(H2,45,49,50,52)/t28-,29-,35?. The lowest BCUT2D eigenvalue weighted by Gasteiger charge is -2.44. The second-order valence-corrected chi connectivity index (χ2v) is 15.3. The van der Waals surface area contributed by atoms with Gasteiger partial charge in [0, 0.05) is 81.0 Å². The number of nitrogens with one attached hydrogen (secondary N) is 5. The van der Waals surface area contributed by atoms with Crippen LogP contribution in [0.25, 0.3) is 0 Å². The van der Waals surface area contributed by atoms with E-state index < -0.39 is 0 Å². The van der Waals surface area contributed by atoms with Gasteiger partial charge in [0.1, 0.15) is 23.1 Å². The van der Waals surface area contributed by atoms with E-state index >= 15 is 4.39 Å². The molecule has 7 rings (SSSR count). The molecule has 0 bridgehead atoms. The van der Waals surface area contributed by atoms with E-state index in [1.807, 2.05) is 45.3 Å². The zero-order chi connectivity index (χ0) is 39.0. The molecule has 0 radical (unpaired) electrons. The van der Waals surface area contributed by atoms with Gasteiger partial charge in [0.25, 0.3) is 0 Å². The third-order valence-electron chi connectivity index (χ3n) is 11.6. The van der Waals surface area contributed by atoms with Crippen molar-refractivity contribution in [3.63, 3.8) is 0 Å². The quantitative estimate of drug-likeness (QED) is 0.0689. The number of benzene rings is 2. The number of methoxy groups -OCH3 is 2. The predicted octanol–water partition coefficient (Wildman–Crippen LogP) is 6.69. The summed E-state index contributed by atoms with van der Waals surface area (Å²) in [6.45, 7) is 8.51. The largest absolute Gasteiger partial charge is 0.496 e. The maximum Gasteiger partial charge on any atom is 0.229 e. The molecule has 3 aliphatic rings. The Hall–Kier alpha value is -4.79. The maximum atomic E-state index is 16.1. The van der Waals surface area contributed by atoms with Crippen LogP contribution in [0, 0.1) is 18.7 Å². The molecule has 4 heterocycles. The van der Waals surface area contributed by atoms with Gasteiger partial charge in [-0.05, 0) is 119 Å². The van der Waals surface area contributed by atoms with Crippen molar-refractivity contribution in [1.29, 1.82) is 0 Å². The van der Waals surface area contributed by atoms with Gasteiger partial charge in [0.05, 0.1) is 19.9 Å². The fourth-order valence-electron chi connectivity index (χ4n) is 8.54. The summed E-state index contributed by atoms with van der Waals surface area (Å²) in [4.78, 5) is 23.9. The van der Waals surface area contributed by atoms with Gasteiger partial charge >= 0.3 is 0 Å². The first-order valence-corrected chi connectivity index (χ1v) is 20.2. The Morgan fingerprint density at radius 3 is 2.20 bits per heavy atom. The highest BCUT2D eigenvalue weighted by molar-refractivity contribution is 5.61. The van der Waals surface area contributed by atoms with Crippen LogP contribution in [0.1, 0.15) is 67.0 Å². The highest BCUT2D eigenvalue weighted by Crippen LogP contribution is 2.49. The molecule has 1 unspecified atom stereocenters. The molecule has 1 atom stereocenters. The van der Waals surface area contributed by atoms with Crippen LogP contribution in [0.15, 0.2) is 42.5 Å². The van der Waals surface area contributed by atoms with Crippen LogP contribution in [0.2, 0.25) is 0 Å². The number of aromatic nitrogens is 4. The first-order valence-electron chi connectivity index (χ1n) is 20.2. The van der Waals surface area contributed by atoms with Crippen LogP contribution >= 0.6 is 0 Å². The fourth-order valence-corrected chi connectivity index (χ4v) is 8.54. The molecule has 1 aliphatic carbocycles. The molecule has 5 N–H and O–H groups in total. The lowest BCUT2D eigenvalue weighted by molar-refractivity contribution is 0.0986. The Bertz CT molecular complexity index is 1930. The summed E-state index contributed by atoms with van der Waals surface area (Å²) in [5, 5.41) is 16.3. The molecular formula is C42H58FN11O2. The minimum absolute atomic E-state index is 0.321. The number of likely N-dealkylation sites (tertiary alicyclic amines) is 2. The van der Waals surface area contributed by atoms with E-state index in [0.717, 1.165) is 87.2 Å². The molecule has 3 fully saturated rings. The van der Waals surface area contributed by atoms with E-state index in [-0.39, 0.29) is 5.82 Å². The van der Waals surface area contributed by atoms with Crippen molar-refractivity contribution in [1.82, 2.24) is 35.1 Å². The van der Waals surface area contributed by atoms with Gasteiger partial charge in [-0.25, -0.2) is 14.4 Å². The SMILES string of the molecule is CNc1cc(C)nc(Nc2ccc(OC)c([C@H]3C[C@H](C(Cc4cc(NC)nc(Nc5ccc(OC)c(CNCCN6CCCC6)c5F)n4)N4CCCC4)C3)c2)n1. The first-order chi connectivity index (χ1) is 27.3. The summed E-state index contributed by atoms with van der Waals surface area (Å²) in [6, 6.07) is 14.0. The van der Waals surface area contributed by atoms with Gasteiger partial charge < -0.3 is 41.0 Å². The molecule has 1 saturated carbocycles. The van der Waals surface area contributed by atoms with E-state index in [4.69, 9.17) is 14.5 Å². The third-order valence-corrected chi connectivity index (χ3v) is 11.6. The molecule has 0 amide bonds. The van der Waals surface area contributed by atoms with Gasteiger partial charge in [-0.1, -0.05) is 0 Å². The smallest absolute Gasteiger partial charge is 0.229 e. The zero-order valence-electron chi connectivity index (χ0n) is 33.6. The first kappa shape index (κ1) is 39.4. The monoisotopic (exact) mass is 767 g/mol. The number of halogens is 1. The second-order valence-electron chi connectivity index (χ2n) is 15.3. The predicted molar refractivity (Wildman–Crippen MR) is 222 cm³/mol. The lowest BCUT2D eigenvalue weighted by Crippen LogP contribution is -2.45. The number of aryl methyl sites for hydroxylation is 1. The topological polar surface area (TPSA) is 137 Å². The van der Waals surface area contributed by atoms with Crippen LogP contribution in [0.4, 0.5) is 39.3 Å². The molecule has 56 heavy (non-hydrogen) atoms. The Morgan fingerprint density at radius 2 is 1.48 bits per heavy atom. The normalized spacial score (nSPS) is 19.0. The van der Waals surface area contributed by atoms with E-state index in [9.17, 15) is 0 Å². The van der Waals surface area contributed by atoms with Crippen molar-refractivity contribution in [2.75, 3.05) is 88.9 Å². The highest BCUT2D eigenvalue weighted by Gasteiger charge is 2.40. The molecule has 2 aromatic heterocycles. The van der Waals surface area contributed by atoms with Crippen LogP contribution in [-0.4, -0.2) is 103 Å². The molecular weight excluding hydrogens is 710 g/mol. The fraction of sp³-hybridized carbons (Fsp3) is 0.524. The van der Waals surface area contributed by atoms with Gasteiger partial charge in [-0.3, -0.25) is 4.90 Å². The van der Waals surface area contributed by atoms with Crippen LogP contribution in [0.3, 0.4) is 0 Å². The zero-order valence-corrected chi connectivity index (χ0v) is 33.6. The highest BCUT2D eigenvalue weighted by atomic mass is 19.1. The average molecular weight is 768 g/mol. The van der Waals surface area contributed by atoms with E-state index in [1.165, 1.54) is 31.2 Å². The van der Waals surface area contributed by atoms with E-state index in [0.29, 0.717) is 59.1 Å². The minimum atomic E-state index is -0.364. The minimum Gasteiger partial charge on any atom is -0.496 e. The third kappa shape index (κ3) is 9.42. The molecule has 4 aromatic rings. The van der Waals surface area contributed by atoms with E-state index in [1.54, 1.807) is 26.4 Å². The number of rotatable bonds is 18. The average Bonchev–Trinajstić information content (AvgIpc) is 3.92. The summed E-state index contributed by atoms with van der Waals surface area (Å²) >= 11 is 0. The number of hydrogen-bond donors (Lipinski definition) is 5. The van der Waals surface area contributed by atoms with Crippen LogP contribution in [0.5, 0.6) is 11.5 Å².